The maximum Gasteiger partial charge on any atom is 0.335 e. The van der Waals surface area contributed by atoms with Crippen molar-refractivity contribution in [2.24, 2.45) is 4.99 Å². The summed E-state index contributed by atoms with van der Waals surface area (Å²) >= 11 is 7.35. The van der Waals surface area contributed by atoms with Crippen LogP contribution in [0.15, 0.2) is 99.2 Å². The van der Waals surface area contributed by atoms with Crippen molar-refractivity contribution in [2.45, 2.75) is 6.54 Å². The lowest BCUT2D eigenvalue weighted by Gasteiger charge is -2.16. The number of carboxylic acid groups (broad SMARTS) is 1. The van der Waals surface area contributed by atoms with Crippen molar-refractivity contribution in [3.63, 3.8) is 0 Å². The maximum absolute atomic E-state index is 13.5. The van der Waals surface area contributed by atoms with E-state index in [1.54, 1.807) is 54.5 Å². The zero-order valence-corrected chi connectivity index (χ0v) is 21.7. The molecular formula is C29H21ClN2O5S. The molecule has 1 aliphatic heterocycles. The third-order valence-corrected chi connectivity index (χ3v) is 6.98. The average molecular weight is 545 g/mol. The fourth-order valence-corrected chi connectivity index (χ4v) is 4.96. The second kappa shape index (κ2) is 11.0. The summed E-state index contributed by atoms with van der Waals surface area (Å²) in [6.45, 7) is 0.226. The third-order valence-electron chi connectivity index (χ3n) is 5.74. The monoisotopic (exact) mass is 544 g/mol. The summed E-state index contributed by atoms with van der Waals surface area (Å²) in [5, 5.41) is 10.3. The summed E-state index contributed by atoms with van der Waals surface area (Å²) < 4.78 is 11.2. The zero-order chi connectivity index (χ0) is 26.6. The van der Waals surface area contributed by atoms with Crippen LogP contribution in [0.3, 0.4) is 0 Å². The normalized spacial score (nSPS) is 15.4. The van der Waals surface area contributed by atoms with Gasteiger partial charge in [-0.25, -0.2) is 9.79 Å². The van der Waals surface area contributed by atoms with E-state index in [2.05, 4.69) is 0 Å². The number of carboxylic acids is 1. The molecule has 5 rings (SSSR count). The molecule has 1 saturated heterocycles. The number of furan rings is 1. The molecule has 190 valence electrons. The minimum absolute atomic E-state index is 0.178. The van der Waals surface area contributed by atoms with Gasteiger partial charge in [0.1, 0.15) is 17.3 Å². The molecule has 2 heterocycles. The number of methoxy groups -OCH3 is 1. The van der Waals surface area contributed by atoms with Crippen molar-refractivity contribution in [1.29, 1.82) is 0 Å². The Morgan fingerprint density at radius 1 is 1.08 bits per heavy atom. The number of thioether (sulfide) groups is 1. The number of carbonyl (C=O) groups excluding carboxylic acids is 1. The number of hydrogen-bond donors (Lipinski definition) is 1. The molecule has 0 saturated carbocycles. The number of rotatable bonds is 7. The third kappa shape index (κ3) is 5.66. The van der Waals surface area contributed by atoms with E-state index in [1.807, 2.05) is 36.4 Å². The highest BCUT2D eigenvalue weighted by atomic mass is 35.5. The molecule has 1 fully saturated rings. The van der Waals surface area contributed by atoms with Crippen LogP contribution in [-0.4, -0.2) is 34.2 Å². The Balaban J connectivity index is 1.46. The average Bonchev–Trinajstić information content (AvgIpc) is 3.50. The molecule has 0 bridgehead atoms. The van der Waals surface area contributed by atoms with Crippen molar-refractivity contribution in [2.75, 3.05) is 7.11 Å². The van der Waals surface area contributed by atoms with Crippen LogP contribution in [-0.2, 0) is 11.3 Å². The van der Waals surface area contributed by atoms with Gasteiger partial charge in [-0.2, -0.15) is 0 Å². The Morgan fingerprint density at radius 2 is 1.84 bits per heavy atom. The lowest BCUT2D eigenvalue weighted by molar-refractivity contribution is -0.122. The minimum atomic E-state index is -1.01. The van der Waals surface area contributed by atoms with Gasteiger partial charge < -0.3 is 14.3 Å². The Morgan fingerprint density at radius 3 is 2.53 bits per heavy atom. The summed E-state index contributed by atoms with van der Waals surface area (Å²) in [5.41, 5.74) is 2.45. The predicted molar refractivity (Wildman–Crippen MR) is 149 cm³/mol. The molecule has 1 N–H and O–H groups in total. The molecule has 1 aromatic heterocycles. The molecule has 0 atom stereocenters. The Labute approximate surface area is 228 Å². The first kappa shape index (κ1) is 25.4. The number of amides is 1. The number of nitrogens with zero attached hydrogens (tertiary/aromatic N) is 2. The van der Waals surface area contributed by atoms with Gasteiger partial charge in [0.15, 0.2) is 5.17 Å². The molecule has 1 aliphatic rings. The van der Waals surface area contributed by atoms with Crippen LogP contribution in [0, 0.1) is 0 Å². The summed E-state index contributed by atoms with van der Waals surface area (Å²) in [6, 6.07) is 24.6. The predicted octanol–water partition coefficient (Wildman–Crippen LogP) is 7.11. The van der Waals surface area contributed by atoms with E-state index < -0.39 is 5.97 Å². The van der Waals surface area contributed by atoms with E-state index >= 15 is 0 Å². The van der Waals surface area contributed by atoms with E-state index in [1.165, 1.54) is 23.9 Å². The van der Waals surface area contributed by atoms with Crippen LogP contribution in [0.5, 0.6) is 5.75 Å². The minimum Gasteiger partial charge on any atom is -0.497 e. The number of aliphatic imine (C=N–C) groups is 1. The van der Waals surface area contributed by atoms with Crippen LogP contribution < -0.4 is 4.74 Å². The maximum atomic E-state index is 13.5. The number of benzene rings is 3. The van der Waals surface area contributed by atoms with Crippen LogP contribution in [0.4, 0.5) is 5.69 Å². The van der Waals surface area contributed by atoms with Gasteiger partial charge in [0.2, 0.25) is 0 Å². The molecule has 38 heavy (non-hydrogen) atoms. The summed E-state index contributed by atoms with van der Waals surface area (Å²) in [4.78, 5) is 31.4. The van der Waals surface area contributed by atoms with Crippen molar-refractivity contribution in [1.82, 2.24) is 4.90 Å². The Hall–Kier alpha value is -4.27. The molecular weight excluding hydrogens is 524 g/mol. The molecule has 0 aliphatic carbocycles. The quantitative estimate of drug-likeness (QED) is 0.249. The van der Waals surface area contributed by atoms with Gasteiger partial charge in [0, 0.05) is 16.7 Å². The first-order chi connectivity index (χ1) is 18.4. The summed E-state index contributed by atoms with van der Waals surface area (Å²) in [7, 11) is 1.59. The number of aromatic carboxylic acids is 1. The number of carbonyl (C=O) groups is 2. The number of halogens is 1. The Kier molecular flexibility index (Phi) is 7.35. The SMILES string of the molecule is COc1ccc(N=C2S/C(=C\c3ccc(-c4cccc(Cl)c4)o3)C(=O)N2Cc2ccc(C(=O)O)cc2)cc1. The molecule has 9 heteroatoms. The fourth-order valence-electron chi connectivity index (χ4n) is 3.79. The Bertz CT molecular complexity index is 1560. The second-order valence-electron chi connectivity index (χ2n) is 8.31. The molecule has 7 nitrogen and oxygen atoms in total. The van der Waals surface area contributed by atoms with E-state index in [9.17, 15) is 14.7 Å². The van der Waals surface area contributed by atoms with Gasteiger partial charge >= 0.3 is 5.97 Å². The molecule has 0 radical (unpaired) electrons. The van der Waals surface area contributed by atoms with E-state index in [0.29, 0.717) is 38.1 Å². The van der Waals surface area contributed by atoms with E-state index in [-0.39, 0.29) is 18.0 Å². The smallest absolute Gasteiger partial charge is 0.335 e. The van der Waals surface area contributed by atoms with Crippen LogP contribution in [0.1, 0.15) is 21.7 Å². The summed E-state index contributed by atoms with van der Waals surface area (Å²) in [5.74, 6) is 0.621. The highest BCUT2D eigenvalue weighted by Crippen LogP contribution is 2.36. The first-order valence-electron chi connectivity index (χ1n) is 11.5. The highest BCUT2D eigenvalue weighted by molar-refractivity contribution is 8.18. The fraction of sp³-hybridized carbons (Fsp3) is 0.0690. The number of ether oxygens (including phenoxy) is 1. The van der Waals surface area contributed by atoms with Crippen molar-refractivity contribution in [3.8, 4) is 17.1 Å². The molecule has 0 unspecified atom stereocenters. The van der Waals surface area contributed by atoms with Crippen molar-refractivity contribution in [3.05, 3.63) is 112 Å². The van der Waals surface area contributed by atoms with Crippen LogP contribution in [0.25, 0.3) is 17.4 Å². The summed E-state index contributed by atoms with van der Waals surface area (Å²) in [6.07, 6.45) is 1.69. The van der Waals surface area contributed by atoms with Gasteiger partial charge in [0.05, 0.1) is 29.8 Å². The van der Waals surface area contributed by atoms with Gasteiger partial charge in [-0.15, -0.1) is 0 Å². The standard InChI is InChI=1S/C29H21ClN2O5S/c1-36-23-11-9-22(10-12-23)31-29-32(17-18-5-7-19(8-6-18)28(34)35)27(33)26(38-29)16-24-13-14-25(37-24)20-3-2-4-21(30)15-20/h2-16H,17H2,1H3,(H,34,35)/b26-16-,31-29?. The molecule has 4 aromatic rings. The van der Waals surface area contributed by atoms with Crippen molar-refractivity contribution < 1.29 is 23.8 Å². The van der Waals surface area contributed by atoms with Gasteiger partial charge in [-0.1, -0.05) is 35.9 Å². The van der Waals surface area contributed by atoms with E-state index in [0.717, 1.165) is 11.1 Å². The van der Waals surface area contributed by atoms with E-state index in [4.69, 9.17) is 25.7 Å². The van der Waals surface area contributed by atoms with Gasteiger partial charge in [0.25, 0.3) is 5.91 Å². The topological polar surface area (TPSA) is 92.3 Å². The highest BCUT2D eigenvalue weighted by Gasteiger charge is 2.34. The van der Waals surface area contributed by atoms with Gasteiger partial charge in [-0.05, 0) is 78.0 Å². The number of hydrogen-bond acceptors (Lipinski definition) is 6. The lowest BCUT2D eigenvalue weighted by Crippen LogP contribution is -2.28. The molecule has 1 amide bonds. The second-order valence-corrected chi connectivity index (χ2v) is 9.75. The largest absolute Gasteiger partial charge is 0.497 e. The zero-order valence-electron chi connectivity index (χ0n) is 20.1. The lowest BCUT2D eigenvalue weighted by atomic mass is 10.1. The molecule has 0 spiro atoms. The van der Waals surface area contributed by atoms with Crippen molar-refractivity contribution >= 4 is 52.2 Å². The van der Waals surface area contributed by atoms with Crippen LogP contribution in [0.2, 0.25) is 5.02 Å². The van der Waals surface area contributed by atoms with Gasteiger partial charge in [-0.3, -0.25) is 9.69 Å². The first-order valence-corrected chi connectivity index (χ1v) is 12.7. The number of amidine groups is 1. The molecule has 3 aromatic carbocycles. The van der Waals surface area contributed by atoms with Crippen LogP contribution >= 0.6 is 23.4 Å².